The number of aryl methyl sites for hydroxylation is 1. The Hall–Kier alpha value is -2.30. The fourth-order valence-electron chi connectivity index (χ4n) is 2.28. The van der Waals surface area contributed by atoms with Gasteiger partial charge in [0.1, 0.15) is 5.82 Å². The standard InChI is InChI=1S/C13H13N3O2/c17-13(18)10-5-2-1-4-9(10)11-8-15-16-7-3-6-14-12(11)16/h1-2,4-5,8,14H,3,6-7H2,(H,17,18). The Balaban J connectivity index is 2.15. The molecule has 2 N–H and O–H groups in total. The molecule has 0 bridgehead atoms. The quantitative estimate of drug-likeness (QED) is 0.847. The maximum absolute atomic E-state index is 11.2. The summed E-state index contributed by atoms with van der Waals surface area (Å²) in [6.45, 7) is 1.77. The number of hydrogen-bond donors (Lipinski definition) is 2. The van der Waals surface area contributed by atoms with Crippen LogP contribution in [0.15, 0.2) is 30.5 Å². The van der Waals surface area contributed by atoms with Gasteiger partial charge >= 0.3 is 5.97 Å². The van der Waals surface area contributed by atoms with Crippen LogP contribution in [0, 0.1) is 0 Å². The predicted molar refractivity (Wildman–Crippen MR) is 67.7 cm³/mol. The van der Waals surface area contributed by atoms with E-state index in [9.17, 15) is 9.90 Å². The molecule has 0 amide bonds. The largest absolute Gasteiger partial charge is 0.478 e. The Morgan fingerprint density at radius 2 is 2.17 bits per heavy atom. The molecule has 0 spiro atoms. The highest BCUT2D eigenvalue weighted by atomic mass is 16.4. The lowest BCUT2D eigenvalue weighted by Gasteiger charge is -2.17. The van der Waals surface area contributed by atoms with Crippen molar-refractivity contribution in [3.63, 3.8) is 0 Å². The highest BCUT2D eigenvalue weighted by Crippen LogP contribution is 2.32. The van der Waals surface area contributed by atoms with Crippen molar-refractivity contribution in [3.8, 4) is 11.1 Å². The van der Waals surface area contributed by atoms with Gasteiger partial charge in [-0.05, 0) is 12.5 Å². The van der Waals surface area contributed by atoms with Crippen molar-refractivity contribution >= 4 is 11.8 Å². The van der Waals surface area contributed by atoms with Crippen molar-refractivity contribution < 1.29 is 9.90 Å². The van der Waals surface area contributed by atoms with E-state index in [4.69, 9.17) is 0 Å². The monoisotopic (exact) mass is 243 g/mol. The van der Waals surface area contributed by atoms with E-state index in [1.807, 2.05) is 16.8 Å². The van der Waals surface area contributed by atoms with Gasteiger partial charge in [-0.25, -0.2) is 9.48 Å². The molecule has 1 aromatic heterocycles. The minimum absolute atomic E-state index is 0.306. The maximum atomic E-state index is 11.2. The van der Waals surface area contributed by atoms with Gasteiger partial charge in [0, 0.05) is 24.2 Å². The average molecular weight is 243 g/mol. The second-order valence-corrected chi connectivity index (χ2v) is 4.26. The molecule has 0 radical (unpaired) electrons. The van der Waals surface area contributed by atoms with Crippen LogP contribution in [-0.4, -0.2) is 27.4 Å². The van der Waals surface area contributed by atoms with E-state index in [0.717, 1.165) is 30.9 Å². The highest BCUT2D eigenvalue weighted by Gasteiger charge is 2.19. The van der Waals surface area contributed by atoms with E-state index in [-0.39, 0.29) is 0 Å². The number of carboxylic acid groups (broad SMARTS) is 1. The Morgan fingerprint density at radius 3 is 3.00 bits per heavy atom. The van der Waals surface area contributed by atoms with Crippen molar-refractivity contribution in [2.45, 2.75) is 13.0 Å². The molecular weight excluding hydrogens is 230 g/mol. The summed E-state index contributed by atoms with van der Waals surface area (Å²) in [5.74, 6) is -0.00342. The molecule has 2 aromatic rings. The van der Waals surface area contributed by atoms with E-state index in [1.54, 1.807) is 18.3 Å². The Labute approximate surface area is 104 Å². The molecule has 1 aliphatic rings. The van der Waals surface area contributed by atoms with Crippen molar-refractivity contribution in [1.82, 2.24) is 9.78 Å². The van der Waals surface area contributed by atoms with Crippen LogP contribution in [0.5, 0.6) is 0 Å². The van der Waals surface area contributed by atoms with Crippen molar-refractivity contribution in [3.05, 3.63) is 36.0 Å². The normalized spacial score (nSPS) is 13.8. The number of aromatic nitrogens is 2. The number of benzene rings is 1. The molecule has 0 aliphatic carbocycles. The van der Waals surface area contributed by atoms with Crippen LogP contribution >= 0.6 is 0 Å². The first-order chi connectivity index (χ1) is 8.77. The summed E-state index contributed by atoms with van der Waals surface area (Å²) >= 11 is 0. The van der Waals surface area contributed by atoms with Gasteiger partial charge in [-0.15, -0.1) is 0 Å². The molecule has 0 atom stereocenters. The minimum Gasteiger partial charge on any atom is -0.478 e. The van der Waals surface area contributed by atoms with E-state index in [2.05, 4.69) is 10.4 Å². The summed E-state index contributed by atoms with van der Waals surface area (Å²) in [6.07, 6.45) is 2.77. The zero-order valence-corrected chi connectivity index (χ0v) is 9.76. The van der Waals surface area contributed by atoms with Crippen LogP contribution < -0.4 is 5.32 Å². The van der Waals surface area contributed by atoms with Gasteiger partial charge in [0.2, 0.25) is 0 Å². The first kappa shape index (κ1) is 10.8. The number of nitrogens with zero attached hydrogens (tertiary/aromatic N) is 2. The zero-order valence-electron chi connectivity index (χ0n) is 9.76. The molecule has 18 heavy (non-hydrogen) atoms. The summed E-state index contributed by atoms with van der Waals surface area (Å²) < 4.78 is 1.89. The zero-order chi connectivity index (χ0) is 12.5. The van der Waals surface area contributed by atoms with Gasteiger partial charge < -0.3 is 10.4 Å². The summed E-state index contributed by atoms with van der Waals surface area (Å²) in [5, 5.41) is 16.8. The van der Waals surface area contributed by atoms with Crippen LogP contribution in [0.4, 0.5) is 5.82 Å². The number of carbonyl (C=O) groups is 1. The number of fused-ring (bicyclic) bond motifs is 1. The molecule has 0 unspecified atom stereocenters. The van der Waals surface area contributed by atoms with Crippen LogP contribution in [0.2, 0.25) is 0 Å². The van der Waals surface area contributed by atoms with Crippen LogP contribution in [0.25, 0.3) is 11.1 Å². The maximum Gasteiger partial charge on any atom is 0.336 e. The molecule has 1 aliphatic heterocycles. The summed E-state index contributed by atoms with van der Waals surface area (Å²) in [5.41, 5.74) is 1.87. The van der Waals surface area contributed by atoms with Crippen molar-refractivity contribution in [2.24, 2.45) is 0 Å². The second-order valence-electron chi connectivity index (χ2n) is 4.26. The molecule has 5 heteroatoms. The van der Waals surface area contributed by atoms with Crippen molar-refractivity contribution in [2.75, 3.05) is 11.9 Å². The third kappa shape index (κ3) is 1.64. The van der Waals surface area contributed by atoms with Gasteiger partial charge in [0.05, 0.1) is 11.8 Å². The van der Waals surface area contributed by atoms with Gasteiger partial charge in [-0.1, -0.05) is 18.2 Å². The van der Waals surface area contributed by atoms with Crippen LogP contribution in [0.3, 0.4) is 0 Å². The highest BCUT2D eigenvalue weighted by molar-refractivity contribution is 5.97. The fraction of sp³-hybridized carbons (Fsp3) is 0.231. The number of anilines is 1. The molecule has 5 nitrogen and oxygen atoms in total. The molecule has 0 saturated heterocycles. The first-order valence-electron chi connectivity index (χ1n) is 5.90. The second kappa shape index (κ2) is 4.18. The smallest absolute Gasteiger partial charge is 0.336 e. The molecular formula is C13H13N3O2. The van der Waals surface area contributed by atoms with E-state index >= 15 is 0 Å². The first-order valence-corrected chi connectivity index (χ1v) is 5.90. The summed E-state index contributed by atoms with van der Waals surface area (Å²) in [6, 6.07) is 7.01. The predicted octanol–water partition coefficient (Wildman–Crippen LogP) is 2.06. The lowest BCUT2D eigenvalue weighted by Crippen LogP contribution is -2.18. The molecule has 3 rings (SSSR count). The van der Waals surface area contributed by atoms with Gasteiger partial charge in [-0.2, -0.15) is 5.10 Å². The molecule has 92 valence electrons. The van der Waals surface area contributed by atoms with E-state index in [1.165, 1.54) is 0 Å². The van der Waals surface area contributed by atoms with Crippen LogP contribution in [-0.2, 0) is 6.54 Å². The lowest BCUT2D eigenvalue weighted by atomic mass is 10.0. The van der Waals surface area contributed by atoms with Gasteiger partial charge in [0.25, 0.3) is 0 Å². The van der Waals surface area contributed by atoms with Crippen LogP contribution in [0.1, 0.15) is 16.8 Å². The molecule has 1 aromatic carbocycles. The fourth-order valence-corrected chi connectivity index (χ4v) is 2.28. The third-order valence-corrected chi connectivity index (χ3v) is 3.13. The lowest BCUT2D eigenvalue weighted by molar-refractivity contribution is 0.0698. The van der Waals surface area contributed by atoms with Gasteiger partial charge in [-0.3, -0.25) is 0 Å². The number of rotatable bonds is 2. The summed E-state index contributed by atoms with van der Waals surface area (Å²) in [7, 11) is 0. The number of nitrogens with one attached hydrogen (secondary N) is 1. The molecule has 0 saturated carbocycles. The van der Waals surface area contributed by atoms with Gasteiger partial charge in [0.15, 0.2) is 0 Å². The average Bonchev–Trinajstić information content (AvgIpc) is 2.82. The van der Waals surface area contributed by atoms with Crippen molar-refractivity contribution in [1.29, 1.82) is 0 Å². The number of aromatic carboxylic acids is 1. The Morgan fingerprint density at radius 1 is 1.33 bits per heavy atom. The molecule has 0 fully saturated rings. The SMILES string of the molecule is O=C(O)c1ccccc1-c1cnn2c1NCCC2. The Bertz CT molecular complexity index is 604. The minimum atomic E-state index is -0.915. The number of carboxylic acids is 1. The summed E-state index contributed by atoms with van der Waals surface area (Å²) in [4.78, 5) is 11.2. The Kier molecular flexibility index (Phi) is 2.51. The number of hydrogen-bond acceptors (Lipinski definition) is 3. The third-order valence-electron chi connectivity index (χ3n) is 3.13. The van der Waals surface area contributed by atoms with E-state index in [0.29, 0.717) is 11.1 Å². The van der Waals surface area contributed by atoms with E-state index < -0.39 is 5.97 Å². The molecule has 2 heterocycles. The topological polar surface area (TPSA) is 67.1 Å².